The first kappa shape index (κ1) is 22.5. The van der Waals surface area contributed by atoms with Crippen molar-refractivity contribution in [1.82, 2.24) is 10.6 Å². The molecule has 0 aromatic heterocycles. The molecular weight excluding hydrogens is 400 g/mol. The van der Waals surface area contributed by atoms with E-state index in [1.807, 2.05) is 43.0 Å². The van der Waals surface area contributed by atoms with Crippen molar-refractivity contribution >= 4 is 23.2 Å². The van der Waals surface area contributed by atoms with Crippen molar-refractivity contribution in [2.24, 2.45) is 10.9 Å². The lowest BCUT2D eigenvalue weighted by Crippen LogP contribution is -2.44. The number of rotatable bonds is 6. The summed E-state index contributed by atoms with van der Waals surface area (Å²) in [7, 11) is 1.70. The number of halogens is 2. The van der Waals surface area contributed by atoms with Gasteiger partial charge in [0.25, 0.3) is 0 Å². The molecule has 1 heterocycles. The topological polar surface area (TPSA) is 68.8 Å². The Labute approximate surface area is 181 Å². The summed E-state index contributed by atoms with van der Waals surface area (Å²) in [5.41, 5.74) is 2.23. The highest BCUT2D eigenvalue weighted by molar-refractivity contribution is 5.92. The summed E-state index contributed by atoms with van der Waals surface area (Å²) >= 11 is 0. The monoisotopic (exact) mass is 429 g/mol. The van der Waals surface area contributed by atoms with Crippen molar-refractivity contribution in [3.05, 3.63) is 59.7 Å². The number of nitrogens with zero attached hydrogens (tertiary/aromatic N) is 2. The number of benzene rings is 2. The first-order valence-electron chi connectivity index (χ1n) is 10.4. The molecule has 2 aromatic rings. The van der Waals surface area contributed by atoms with E-state index in [9.17, 15) is 13.6 Å². The largest absolute Gasteiger partial charge is 0.367 e. The second-order valence-corrected chi connectivity index (χ2v) is 7.94. The second-order valence-electron chi connectivity index (χ2n) is 7.94. The van der Waals surface area contributed by atoms with Crippen LogP contribution in [0.15, 0.2) is 47.5 Å². The molecule has 3 rings (SSSR count). The molecule has 1 unspecified atom stereocenters. The number of hydrogen-bond acceptors (Lipinski definition) is 3. The molecule has 1 aliphatic heterocycles. The highest BCUT2D eigenvalue weighted by Gasteiger charge is 2.25. The minimum atomic E-state index is -0.574. The minimum absolute atomic E-state index is 0.0124. The van der Waals surface area contributed by atoms with Gasteiger partial charge in [-0.25, -0.2) is 8.78 Å². The normalized spacial score (nSPS) is 16.5. The Balaban J connectivity index is 1.49. The van der Waals surface area contributed by atoms with Gasteiger partial charge < -0.3 is 20.9 Å². The minimum Gasteiger partial charge on any atom is -0.367 e. The number of nitrogens with one attached hydrogen (secondary N) is 3. The van der Waals surface area contributed by atoms with Gasteiger partial charge >= 0.3 is 0 Å². The molecule has 1 fully saturated rings. The first-order chi connectivity index (χ1) is 14.9. The lowest BCUT2D eigenvalue weighted by atomic mass is 10.1. The Morgan fingerprint density at radius 2 is 1.94 bits per heavy atom. The molecule has 6 nitrogen and oxygen atoms in total. The number of carbonyl (C=O) groups is 1. The van der Waals surface area contributed by atoms with Crippen LogP contribution < -0.4 is 20.9 Å². The average molecular weight is 430 g/mol. The van der Waals surface area contributed by atoms with E-state index in [1.165, 1.54) is 12.1 Å². The van der Waals surface area contributed by atoms with Crippen molar-refractivity contribution in [2.45, 2.75) is 32.9 Å². The summed E-state index contributed by atoms with van der Waals surface area (Å²) in [6, 6.07) is 11.4. The third-order valence-corrected chi connectivity index (χ3v) is 5.21. The Kier molecular flexibility index (Phi) is 7.44. The number of aliphatic imine (C=N–C) groups is 1. The van der Waals surface area contributed by atoms with Crippen molar-refractivity contribution in [3.8, 4) is 0 Å². The SMILES string of the molecule is CN=C(NCc1ccc(NC(=O)C(C)C)cc1)NC1CCN(c2ccc(F)cc2F)C1. The average Bonchev–Trinajstić information content (AvgIpc) is 3.20. The Bertz CT molecular complexity index is 930. The van der Waals surface area contributed by atoms with Gasteiger partial charge in [-0.1, -0.05) is 26.0 Å². The van der Waals surface area contributed by atoms with Gasteiger partial charge in [-0.2, -0.15) is 0 Å². The van der Waals surface area contributed by atoms with Crippen LogP contribution in [0.1, 0.15) is 25.8 Å². The first-order valence-corrected chi connectivity index (χ1v) is 10.4. The number of guanidine groups is 1. The van der Waals surface area contributed by atoms with Crippen molar-refractivity contribution < 1.29 is 13.6 Å². The van der Waals surface area contributed by atoms with Crippen molar-refractivity contribution in [3.63, 3.8) is 0 Å². The van der Waals surface area contributed by atoms with Crippen molar-refractivity contribution in [1.29, 1.82) is 0 Å². The molecule has 0 saturated carbocycles. The van der Waals surface area contributed by atoms with Crippen LogP contribution in [0.5, 0.6) is 0 Å². The van der Waals surface area contributed by atoms with E-state index in [4.69, 9.17) is 0 Å². The van der Waals surface area contributed by atoms with Crippen molar-refractivity contribution in [2.75, 3.05) is 30.4 Å². The molecular formula is C23H29F2N5O. The fourth-order valence-electron chi connectivity index (χ4n) is 3.40. The zero-order valence-corrected chi connectivity index (χ0v) is 18.1. The predicted octanol–water partition coefficient (Wildman–Crippen LogP) is 3.50. The number of anilines is 2. The molecule has 166 valence electrons. The predicted molar refractivity (Wildman–Crippen MR) is 120 cm³/mol. The van der Waals surface area contributed by atoms with Crippen LogP contribution in [-0.2, 0) is 11.3 Å². The highest BCUT2D eigenvalue weighted by Crippen LogP contribution is 2.24. The van der Waals surface area contributed by atoms with E-state index in [-0.39, 0.29) is 17.9 Å². The van der Waals surface area contributed by atoms with Crippen LogP contribution in [-0.4, -0.2) is 38.0 Å². The van der Waals surface area contributed by atoms with Gasteiger partial charge in [-0.15, -0.1) is 0 Å². The molecule has 1 amide bonds. The molecule has 1 aliphatic rings. The van der Waals surface area contributed by atoms with Gasteiger partial charge in [0.15, 0.2) is 5.96 Å². The van der Waals surface area contributed by atoms with Crippen LogP contribution in [0.25, 0.3) is 0 Å². The quantitative estimate of drug-likeness (QED) is 0.486. The van der Waals surface area contributed by atoms with E-state index in [0.717, 1.165) is 23.7 Å². The van der Waals surface area contributed by atoms with Gasteiger partial charge in [0.2, 0.25) is 5.91 Å². The van der Waals surface area contributed by atoms with E-state index >= 15 is 0 Å². The smallest absolute Gasteiger partial charge is 0.226 e. The molecule has 0 bridgehead atoms. The van der Waals surface area contributed by atoms with E-state index in [2.05, 4.69) is 20.9 Å². The lowest BCUT2D eigenvalue weighted by Gasteiger charge is -2.21. The standard InChI is InChI=1S/C23H29F2N5O/c1-15(2)22(31)28-18-7-4-16(5-8-18)13-27-23(26-3)29-19-10-11-30(14-19)21-9-6-17(24)12-20(21)25/h4-9,12,15,19H,10-11,13-14H2,1-3H3,(H,28,31)(H2,26,27,29). The zero-order chi connectivity index (χ0) is 22.4. The lowest BCUT2D eigenvalue weighted by molar-refractivity contribution is -0.118. The Hall–Kier alpha value is -3.16. The Morgan fingerprint density at radius 1 is 1.19 bits per heavy atom. The van der Waals surface area contributed by atoms with Crippen LogP contribution in [0, 0.1) is 17.6 Å². The maximum absolute atomic E-state index is 14.0. The van der Waals surface area contributed by atoms with Crippen LogP contribution in [0.2, 0.25) is 0 Å². The molecule has 8 heteroatoms. The summed E-state index contributed by atoms with van der Waals surface area (Å²) in [4.78, 5) is 17.9. The van der Waals surface area contributed by atoms with Gasteiger partial charge in [0, 0.05) is 50.4 Å². The van der Waals surface area contributed by atoms with E-state index in [0.29, 0.717) is 31.3 Å². The number of carbonyl (C=O) groups excluding carboxylic acids is 1. The van der Waals surface area contributed by atoms with Crippen LogP contribution >= 0.6 is 0 Å². The third-order valence-electron chi connectivity index (χ3n) is 5.21. The summed E-state index contributed by atoms with van der Waals surface area (Å²) in [6.07, 6.45) is 0.821. The van der Waals surface area contributed by atoms with Crippen LogP contribution in [0.4, 0.5) is 20.2 Å². The fourth-order valence-corrected chi connectivity index (χ4v) is 3.40. The summed E-state index contributed by atoms with van der Waals surface area (Å²) in [6.45, 7) is 5.56. The zero-order valence-electron chi connectivity index (χ0n) is 18.1. The maximum atomic E-state index is 14.0. The summed E-state index contributed by atoms with van der Waals surface area (Å²) < 4.78 is 27.2. The molecule has 3 N–H and O–H groups in total. The molecule has 0 aliphatic carbocycles. The van der Waals surface area contributed by atoms with Gasteiger partial charge in [0.05, 0.1) is 5.69 Å². The summed E-state index contributed by atoms with van der Waals surface area (Å²) in [5, 5.41) is 9.50. The molecule has 0 radical (unpaired) electrons. The van der Waals surface area contributed by atoms with Crippen LogP contribution in [0.3, 0.4) is 0 Å². The molecule has 31 heavy (non-hydrogen) atoms. The van der Waals surface area contributed by atoms with Gasteiger partial charge in [-0.05, 0) is 36.2 Å². The molecule has 2 aromatic carbocycles. The van der Waals surface area contributed by atoms with Gasteiger partial charge in [0.1, 0.15) is 11.6 Å². The summed E-state index contributed by atoms with van der Waals surface area (Å²) in [5.74, 6) is -0.543. The molecule has 0 spiro atoms. The van der Waals surface area contributed by atoms with E-state index < -0.39 is 11.6 Å². The third kappa shape index (κ3) is 6.16. The maximum Gasteiger partial charge on any atom is 0.226 e. The number of hydrogen-bond donors (Lipinski definition) is 3. The fraction of sp³-hybridized carbons (Fsp3) is 0.391. The molecule has 1 saturated heterocycles. The number of amides is 1. The van der Waals surface area contributed by atoms with E-state index in [1.54, 1.807) is 7.05 Å². The Morgan fingerprint density at radius 3 is 2.58 bits per heavy atom. The highest BCUT2D eigenvalue weighted by atomic mass is 19.1. The molecule has 1 atom stereocenters. The van der Waals surface area contributed by atoms with Gasteiger partial charge in [-0.3, -0.25) is 9.79 Å². The second kappa shape index (κ2) is 10.2.